The smallest absolute Gasteiger partial charge is 0.308 e. The molecule has 0 spiro atoms. The molecule has 32 heavy (non-hydrogen) atoms. The quantitative estimate of drug-likeness (QED) is 0.390. The van der Waals surface area contributed by atoms with Gasteiger partial charge in [-0.1, -0.05) is 56.5 Å². The fourth-order valence-electron chi connectivity index (χ4n) is 3.71. The number of hydrogen-bond acceptors (Lipinski definition) is 5. The summed E-state index contributed by atoms with van der Waals surface area (Å²) in [6.07, 6.45) is 4.16. The number of fused-ring (bicyclic) bond motifs is 1. The van der Waals surface area contributed by atoms with Gasteiger partial charge in [-0.3, -0.25) is 9.59 Å². The number of halogens is 2. The number of carbonyl (C=O) groups is 2. The third-order valence-corrected chi connectivity index (χ3v) is 6.17. The topological polar surface area (TPSA) is 102 Å². The Morgan fingerprint density at radius 3 is 2.28 bits per heavy atom. The molecule has 0 heterocycles. The van der Waals surface area contributed by atoms with Crippen molar-refractivity contribution in [3.63, 3.8) is 0 Å². The zero-order chi connectivity index (χ0) is 23.9. The second-order valence-corrected chi connectivity index (χ2v) is 9.45. The van der Waals surface area contributed by atoms with Gasteiger partial charge in [0, 0.05) is 6.42 Å². The van der Waals surface area contributed by atoms with Crippen LogP contribution in [-0.4, -0.2) is 34.7 Å². The molecule has 4 N–H and O–H groups in total. The maximum absolute atomic E-state index is 13.8. The first kappa shape index (κ1) is 26.2. The standard InChI is InChI=1S/C18H26F2N2O4.C6H10/c1-12(15(24)26-11-13-7-5-4-6-8-13)9-10-14(23)22-16(21)18(19,20)17(2,3)25;1-2-5-4-6(5)3-1/h4-8,12,16,25H,9-11,21H2,1-3H3,(H,22,23);5-6H,1-4H2. The molecule has 8 heteroatoms. The highest BCUT2D eigenvalue weighted by molar-refractivity contribution is 5.78. The molecule has 180 valence electrons. The van der Waals surface area contributed by atoms with E-state index in [1.807, 2.05) is 35.6 Å². The van der Waals surface area contributed by atoms with Gasteiger partial charge >= 0.3 is 11.9 Å². The summed E-state index contributed by atoms with van der Waals surface area (Å²) in [5.41, 5.74) is 3.74. The van der Waals surface area contributed by atoms with Crippen LogP contribution in [0.25, 0.3) is 0 Å². The van der Waals surface area contributed by atoms with Crippen LogP contribution in [0.4, 0.5) is 8.78 Å². The molecule has 0 aliphatic heterocycles. The number of aliphatic hydroxyl groups is 1. The van der Waals surface area contributed by atoms with Crippen molar-refractivity contribution in [2.24, 2.45) is 23.5 Å². The van der Waals surface area contributed by atoms with Crippen molar-refractivity contribution in [2.45, 2.75) is 83.6 Å². The molecule has 1 aromatic carbocycles. The van der Waals surface area contributed by atoms with Gasteiger partial charge in [-0.2, -0.15) is 8.78 Å². The number of hydrogen-bond donors (Lipinski definition) is 3. The summed E-state index contributed by atoms with van der Waals surface area (Å²) in [5.74, 6) is -3.06. The second kappa shape index (κ2) is 11.2. The first-order valence-electron chi connectivity index (χ1n) is 11.3. The molecule has 4 unspecified atom stereocenters. The molecule has 2 aliphatic carbocycles. The van der Waals surface area contributed by atoms with Gasteiger partial charge in [0.15, 0.2) is 0 Å². The number of rotatable bonds is 9. The molecule has 0 aromatic heterocycles. The average molecular weight is 455 g/mol. The van der Waals surface area contributed by atoms with E-state index < -0.39 is 35.5 Å². The van der Waals surface area contributed by atoms with Crippen LogP contribution in [-0.2, 0) is 20.9 Å². The zero-order valence-corrected chi connectivity index (χ0v) is 19.2. The van der Waals surface area contributed by atoms with Gasteiger partial charge in [-0.25, -0.2) is 0 Å². The minimum Gasteiger partial charge on any atom is -0.461 e. The largest absolute Gasteiger partial charge is 0.461 e. The lowest BCUT2D eigenvalue weighted by Crippen LogP contribution is -2.62. The van der Waals surface area contributed by atoms with Crippen LogP contribution in [0, 0.1) is 17.8 Å². The van der Waals surface area contributed by atoms with Crippen LogP contribution in [0.5, 0.6) is 0 Å². The Morgan fingerprint density at radius 2 is 1.81 bits per heavy atom. The average Bonchev–Trinajstić information content (AvgIpc) is 3.34. The summed E-state index contributed by atoms with van der Waals surface area (Å²) in [6, 6.07) is 9.12. The van der Waals surface area contributed by atoms with Gasteiger partial charge in [-0.05, 0) is 44.1 Å². The van der Waals surface area contributed by atoms with Crippen molar-refractivity contribution in [3.05, 3.63) is 35.9 Å². The molecule has 2 aliphatic rings. The summed E-state index contributed by atoms with van der Waals surface area (Å²) < 4.78 is 32.8. The maximum Gasteiger partial charge on any atom is 0.308 e. The normalized spacial score (nSPS) is 21.5. The van der Waals surface area contributed by atoms with Gasteiger partial charge in [0.1, 0.15) is 18.4 Å². The summed E-state index contributed by atoms with van der Waals surface area (Å²) in [5, 5.41) is 11.4. The molecule has 3 rings (SSSR count). The SMILES string of the molecule is C1CC2CC2C1.CC(CCC(=O)NC(N)C(F)(F)C(C)(C)O)C(=O)OCc1ccccc1. The maximum atomic E-state index is 13.8. The third-order valence-electron chi connectivity index (χ3n) is 6.17. The molecule has 2 fully saturated rings. The Labute approximate surface area is 188 Å². The number of alkyl halides is 2. The Hall–Kier alpha value is -2.06. The van der Waals surface area contributed by atoms with E-state index in [4.69, 9.17) is 10.5 Å². The van der Waals surface area contributed by atoms with Gasteiger partial charge in [0.05, 0.1) is 5.92 Å². The molecule has 0 bridgehead atoms. The minimum absolute atomic E-state index is 0.124. The van der Waals surface area contributed by atoms with Gasteiger partial charge < -0.3 is 20.9 Å². The molecule has 0 radical (unpaired) electrons. The van der Waals surface area contributed by atoms with Crippen LogP contribution < -0.4 is 11.1 Å². The van der Waals surface area contributed by atoms with Crippen molar-refractivity contribution in [2.75, 3.05) is 0 Å². The predicted octanol–water partition coefficient (Wildman–Crippen LogP) is 3.76. The first-order chi connectivity index (χ1) is 14.9. The van der Waals surface area contributed by atoms with Crippen molar-refractivity contribution >= 4 is 11.9 Å². The Morgan fingerprint density at radius 1 is 1.22 bits per heavy atom. The number of carbonyl (C=O) groups excluding carboxylic acids is 2. The molecule has 2 saturated carbocycles. The fourth-order valence-corrected chi connectivity index (χ4v) is 3.71. The highest BCUT2D eigenvalue weighted by atomic mass is 19.3. The second-order valence-electron chi connectivity index (χ2n) is 9.45. The van der Waals surface area contributed by atoms with Crippen LogP contribution in [0.15, 0.2) is 30.3 Å². The predicted molar refractivity (Wildman–Crippen MR) is 117 cm³/mol. The Balaban J connectivity index is 0.000000506. The van der Waals surface area contributed by atoms with E-state index in [-0.39, 0.29) is 19.4 Å². The lowest BCUT2D eigenvalue weighted by atomic mass is 9.98. The number of benzene rings is 1. The first-order valence-corrected chi connectivity index (χ1v) is 11.3. The van der Waals surface area contributed by atoms with E-state index >= 15 is 0 Å². The zero-order valence-electron chi connectivity index (χ0n) is 19.2. The number of amides is 1. The van der Waals surface area contributed by atoms with Crippen molar-refractivity contribution < 1.29 is 28.2 Å². The van der Waals surface area contributed by atoms with Crippen molar-refractivity contribution in [3.8, 4) is 0 Å². The molecular weight excluding hydrogens is 418 g/mol. The molecular formula is C24H36F2N2O4. The minimum atomic E-state index is -3.71. The molecule has 4 atom stereocenters. The number of esters is 1. The molecule has 0 saturated heterocycles. The van der Waals surface area contributed by atoms with Gasteiger partial charge in [0.2, 0.25) is 5.91 Å². The van der Waals surface area contributed by atoms with Crippen LogP contribution in [0.1, 0.15) is 64.9 Å². The van der Waals surface area contributed by atoms with E-state index in [9.17, 15) is 23.5 Å². The lowest BCUT2D eigenvalue weighted by molar-refractivity contribution is -0.181. The Kier molecular flexibility index (Phi) is 9.16. The van der Waals surface area contributed by atoms with Crippen molar-refractivity contribution in [1.29, 1.82) is 0 Å². The van der Waals surface area contributed by atoms with E-state index in [0.717, 1.165) is 19.4 Å². The van der Waals surface area contributed by atoms with Crippen molar-refractivity contribution in [1.82, 2.24) is 5.32 Å². The summed E-state index contributed by atoms with van der Waals surface area (Å²) in [4.78, 5) is 23.7. The summed E-state index contributed by atoms with van der Waals surface area (Å²) >= 11 is 0. The summed E-state index contributed by atoms with van der Waals surface area (Å²) in [7, 11) is 0. The fraction of sp³-hybridized carbons (Fsp3) is 0.667. The number of nitrogens with two attached hydrogens (primary N) is 1. The number of ether oxygens (including phenoxy) is 1. The van der Waals surface area contributed by atoms with Crippen LogP contribution >= 0.6 is 0 Å². The highest BCUT2D eigenvalue weighted by Gasteiger charge is 2.51. The number of nitrogens with one attached hydrogen (secondary N) is 1. The molecule has 1 aromatic rings. The van der Waals surface area contributed by atoms with Gasteiger partial charge in [-0.15, -0.1) is 0 Å². The van der Waals surface area contributed by atoms with E-state index in [1.54, 1.807) is 26.2 Å². The lowest BCUT2D eigenvalue weighted by Gasteiger charge is -2.33. The monoisotopic (exact) mass is 454 g/mol. The van der Waals surface area contributed by atoms with E-state index in [2.05, 4.69) is 0 Å². The van der Waals surface area contributed by atoms with E-state index in [0.29, 0.717) is 0 Å². The third kappa shape index (κ3) is 7.81. The highest BCUT2D eigenvalue weighted by Crippen LogP contribution is 2.51. The van der Waals surface area contributed by atoms with Crippen LogP contribution in [0.3, 0.4) is 0 Å². The molecule has 1 amide bonds. The Bertz CT molecular complexity index is 744. The van der Waals surface area contributed by atoms with E-state index in [1.165, 1.54) is 18.3 Å². The molecule has 6 nitrogen and oxygen atoms in total. The van der Waals surface area contributed by atoms with Gasteiger partial charge in [0.25, 0.3) is 0 Å². The van der Waals surface area contributed by atoms with Crippen LogP contribution in [0.2, 0.25) is 0 Å². The summed E-state index contributed by atoms with van der Waals surface area (Å²) in [6.45, 7) is 3.53.